The van der Waals surface area contributed by atoms with Gasteiger partial charge >= 0.3 is 10.8 Å². The third-order valence-corrected chi connectivity index (χ3v) is 12.2. The van der Waals surface area contributed by atoms with Crippen LogP contribution < -0.4 is 19.7 Å². The van der Waals surface area contributed by atoms with E-state index in [-0.39, 0.29) is 46.3 Å². The number of aliphatic carboxylic acids is 1. The van der Waals surface area contributed by atoms with Gasteiger partial charge in [-0.2, -0.15) is 0 Å². The summed E-state index contributed by atoms with van der Waals surface area (Å²) in [6.07, 6.45) is 0.667. The molecule has 11 nitrogen and oxygen atoms in total. The molecule has 14 heteroatoms. The van der Waals surface area contributed by atoms with Gasteiger partial charge in [0.05, 0.1) is 24.0 Å². The van der Waals surface area contributed by atoms with Crippen LogP contribution in [0.15, 0.2) is 56.8 Å². The van der Waals surface area contributed by atoms with Crippen molar-refractivity contribution in [3.05, 3.63) is 67.0 Å². The van der Waals surface area contributed by atoms with Gasteiger partial charge < -0.3 is 24.9 Å². The molecule has 0 radical (unpaired) electrons. The van der Waals surface area contributed by atoms with Gasteiger partial charge in [-0.3, -0.25) is 28.9 Å². The second-order valence-electron chi connectivity index (χ2n) is 11.4. The zero-order chi connectivity index (χ0) is 30.9. The van der Waals surface area contributed by atoms with Gasteiger partial charge in [-0.05, 0) is 66.6 Å². The molecule has 7 atom stereocenters. The number of rotatable bonds is 8. The Balaban J connectivity index is 1.21. The molecular formula is C30H26BrN3O8S2. The Labute approximate surface area is 267 Å². The van der Waals surface area contributed by atoms with Crippen molar-refractivity contribution in [3.63, 3.8) is 0 Å². The number of carboxylic acids is 1. The number of carbonyl (C=O) groups is 4. The monoisotopic (exact) mass is 699 g/mol. The van der Waals surface area contributed by atoms with Gasteiger partial charge in [-0.1, -0.05) is 27.3 Å². The summed E-state index contributed by atoms with van der Waals surface area (Å²) in [5.74, 6) is -3.22. The number of halogens is 1. The van der Waals surface area contributed by atoms with E-state index >= 15 is 0 Å². The van der Waals surface area contributed by atoms with Crippen molar-refractivity contribution in [3.8, 4) is 11.5 Å². The summed E-state index contributed by atoms with van der Waals surface area (Å²) in [6, 6.07) is 12.5. The predicted octanol–water partition coefficient (Wildman–Crippen LogP) is 3.78. The summed E-state index contributed by atoms with van der Waals surface area (Å²) >= 11 is 6.23. The number of thiazole rings is 1. The molecule has 4 aliphatic rings. The maximum Gasteiger partial charge on any atom is 0.323 e. The summed E-state index contributed by atoms with van der Waals surface area (Å²) in [7, 11) is 1.56. The number of methoxy groups -OCH3 is 1. The second kappa shape index (κ2) is 11.1. The van der Waals surface area contributed by atoms with Crippen LogP contribution in [0, 0.1) is 29.6 Å². The average Bonchev–Trinajstić information content (AvgIpc) is 3.73. The Hall–Kier alpha value is -3.62. The normalized spacial score (nSPS) is 28.0. The number of aromatic nitrogens is 1. The molecular weight excluding hydrogens is 674 g/mol. The van der Waals surface area contributed by atoms with Crippen LogP contribution in [0.1, 0.15) is 22.8 Å². The largest absolute Gasteiger partial charge is 0.497 e. The quantitative estimate of drug-likeness (QED) is 0.298. The van der Waals surface area contributed by atoms with Crippen molar-refractivity contribution in [1.29, 1.82) is 0 Å². The van der Waals surface area contributed by atoms with Crippen LogP contribution in [0.2, 0.25) is 0 Å². The van der Waals surface area contributed by atoms with Gasteiger partial charge in [0, 0.05) is 31.8 Å². The number of H-pyrrole nitrogens is 1. The molecule has 3 aromatic rings. The lowest BCUT2D eigenvalue weighted by Crippen LogP contribution is -2.42. The third-order valence-electron chi connectivity index (χ3n) is 9.15. The van der Waals surface area contributed by atoms with Crippen molar-refractivity contribution in [1.82, 2.24) is 9.88 Å². The van der Waals surface area contributed by atoms with Crippen LogP contribution in [0.5, 0.6) is 11.5 Å². The number of carboxylic acid groups (broad SMARTS) is 1. The topological polar surface area (TPSA) is 155 Å². The summed E-state index contributed by atoms with van der Waals surface area (Å²) in [5, 5.41) is 12.8. The van der Waals surface area contributed by atoms with E-state index in [0.29, 0.717) is 23.6 Å². The number of imide groups is 1. The van der Waals surface area contributed by atoms with Gasteiger partial charge in [0.15, 0.2) is 6.61 Å². The summed E-state index contributed by atoms with van der Waals surface area (Å²) < 4.78 is 12.1. The minimum atomic E-state index is -1.23. The first kappa shape index (κ1) is 29.1. The number of amides is 3. The zero-order valence-electron chi connectivity index (χ0n) is 23.2. The molecule has 44 heavy (non-hydrogen) atoms. The Bertz CT molecular complexity index is 1760. The van der Waals surface area contributed by atoms with Crippen LogP contribution in [-0.2, 0) is 19.2 Å². The highest BCUT2D eigenvalue weighted by atomic mass is 79.9. The molecule has 1 saturated heterocycles. The lowest BCUT2D eigenvalue weighted by molar-refractivity contribution is -0.149. The number of aromatic amines is 1. The van der Waals surface area contributed by atoms with E-state index in [0.717, 1.165) is 36.2 Å². The summed E-state index contributed by atoms with van der Waals surface area (Å²) in [6.45, 7) is -0.904. The van der Waals surface area contributed by atoms with E-state index in [1.54, 1.807) is 49.2 Å². The van der Waals surface area contributed by atoms with E-state index in [1.807, 2.05) is 12.1 Å². The van der Waals surface area contributed by atoms with Gasteiger partial charge in [-0.15, -0.1) is 11.8 Å². The zero-order valence-corrected chi connectivity index (χ0v) is 26.4. The number of fused-ring (bicyclic) bond motifs is 9. The van der Waals surface area contributed by atoms with Crippen molar-refractivity contribution >= 4 is 68.4 Å². The molecule has 3 fully saturated rings. The minimum Gasteiger partial charge on any atom is -0.497 e. The molecule has 0 spiro atoms. The number of anilines is 1. The molecule has 3 N–H and O–H groups in total. The molecule has 2 aliphatic heterocycles. The lowest BCUT2D eigenvalue weighted by atomic mass is 9.68. The first-order valence-electron chi connectivity index (χ1n) is 14.0. The molecule has 1 aromatic heterocycles. The smallest absolute Gasteiger partial charge is 0.323 e. The van der Waals surface area contributed by atoms with Crippen molar-refractivity contribution in [2.24, 2.45) is 29.6 Å². The fourth-order valence-electron chi connectivity index (χ4n) is 7.63. The molecule has 2 aliphatic carbocycles. The Morgan fingerprint density at radius 2 is 1.82 bits per heavy atom. The average molecular weight is 701 g/mol. The number of nitrogens with one attached hydrogen (secondary N) is 2. The van der Waals surface area contributed by atoms with E-state index in [4.69, 9.17) is 9.47 Å². The maximum absolute atomic E-state index is 13.5. The SMILES string of the molecule is COc1ccc(NC(=O)COc2ccc(Br)cc2[C@H]2c3sc(=O)[nH]c3SC3C4CC(C5C(=O)N(CC(=O)O)C(=O)C45)C32)cc1. The summed E-state index contributed by atoms with van der Waals surface area (Å²) in [5.41, 5.74) is 1.36. The number of nitrogens with zero attached hydrogens (tertiary/aromatic N) is 1. The molecule has 6 unspecified atom stereocenters. The van der Waals surface area contributed by atoms with E-state index in [1.165, 1.54) is 0 Å². The van der Waals surface area contributed by atoms with Crippen LogP contribution >= 0.6 is 39.0 Å². The fourth-order valence-corrected chi connectivity index (χ4v) is 10.9. The first-order valence-corrected chi connectivity index (χ1v) is 16.5. The van der Waals surface area contributed by atoms with E-state index in [2.05, 4.69) is 26.2 Å². The number of thioether (sulfide) groups is 1. The summed E-state index contributed by atoms with van der Waals surface area (Å²) in [4.78, 5) is 68.2. The number of ether oxygens (including phenoxy) is 2. The number of hydrogen-bond donors (Lipinski definition) is 3. The highest BCUT2D eigenvalue weighted by molar-refractivity contribution is 9.10. The van der Waals surface area contributed by atoms with Crippen molar-refractivity contribution < 1.29 is 33.8 Å². The van der Waals surface area contributed by atoms with E-state index in [9.17, 15) is 29.1 Å². The maximum atomic E-state index is 13.5. The van der Waals surface area contributed by atoms with E-state index < -0.39 is 36.2 Å². The minimum absolute atomic E-state index is 0.0734. The number of carbonyl (C=O) groups excluding carboxylic acids is 3. The Morgan fingerprint density at radius 3 is 2.52 bits per heavy atom. The molecule has 3 heterocycles. The highest BCUT2D eigenvalue weighted by Crippen LogP contribution is 2.69. The van der Waals surface area contributed by atoms with Gasteiger partial charge in [-0.25, -0.2) is 0 Å². The lowest BCUT2D eigenvalue weighted by Gasteiger charge is -2.43. The van der Waals surface area contributed by atoms with Crippen LogP contribution in [0.25, 0.3) is 0 Å². The van der Waals surface area contributed by atoms with Crippen LogP contribution in [0.3, 0.4) is 0 Å². The predicted molar refractivity (Wildman–Crippen MR) is 164 cm³/mol. The van der Waals surface area contributed by atoms with Gasteiger partial charge in [0.2, 0.25) is 11.8 Å². The standard InChI is InChI=1S/C30H26BrN3O8S2/c1-41-14-5-3-13(4-6-14)32-19(35)11-42-18-7-2-12(31)8-15(18)21-22-16-9-17(25(22)43-27-26(21)44-30(40)33-27)24-23(16)28(38)34(29(24)39)10-20(36)37/h2-8,16-17,21-25H,9-11H2,1H3,(H,32,35)(H,33,40)(H,36,37)/t16?,17?,21-,22?,23?,24?,25?/m1/s1. The van der Waals surface area contributed by atoms with Crippen molar-refractivity contribution in [2.45, 2.75) is 22.6 Å². The molecule has 7 rings (SSSR count). The Morgan fingerprint density at radius 1 is 1.09 bits per heavy atom. The number of hydrogen-bond acceptors (Lipinski definition) is 9. The Kier molecular flexibility index (Phi) is 7.33. The highest BCUT2D eigenvalue weighted by Gasteiger charge is 2.69. The molecule has 3 amide bonds. The number of likely N-dealkylation sites (tertiary alicyclic amines) is 1. The molecule has 228 valence electrons. The fraction of sp³-hybridized carbons (Fsp3) is 0.367. The van der Waals surface area contributed by atoms with Crippen LogP contribution in [0.4, 0.5) is 5.69 Å². The van der Waals surface area contributed by atoms with Crippen LogP contribution in [-0.4, -0.2) is 64.2 Å². The molecule has 2 saturated carbocycles. The van der Waals surface area contributed by atoms with Gasteiger partial charge in [0.25, 0.3) is 5.91 Å². The first-order chi connectivity index (χ1) is 21.1. The van der Waals surface area contributed by atoms with Gasteiger partial charge in [0.1, 0.15) is 18.0 Å². The molecule has 2 bridgehead atoms. The molecule has 2 aromatic carbocycles. The second-order valence-corrected chi connectivity index (χ2v) is 14.5. The number of benzene rings is 2. The third kappa shape index (κ3) is 4.74. The van der Waals surface area contributed by atoms with Crippen molar-refractivity contribution in [2.75, 3.05) is 25.6 Å².